The molecule has 1 heterocycles. The highest BCUT2D eigenvalue weighted by molar-refractivity contribution is 5.79. The Hall–Kier alpha value is -3.89. The fourth-order valence-corrected chi connectivity index (χ4v) is 4.21. The van der Waals surface area contributed by atoms with Crippen LogP contribution in [0, 0.1) is 5.92 Å². The summed E-state index contributed by atoms with van der Waals surface area (Å²) >= 11 is 0. The number of para-hydroxylation sites is 1. The normalized spacial score (nSPS) is 17.8. The molecule has 3 aromatic rings. The van der Waals surface area contributed by atoms with E-state index in [9.17, 15) is 18.0 Å². The Bertz CT molecular complexity index is 1180. The lowest BCUT2D eigenvalue weighted by Gasteiger charge is -2.29. The van der Waals surface area contributed by atoms with Crippen LogP contribution in [0.25, 0.3) is 11.4 Å². The number of anilines is 2. The van der Waals surface area contributed by atoms with E-state index in [1.165, 1.54) is 18.2 Å². The maximum Gasteiger partial charge on any atom is 0.573 e. The van der Waals surface area contributed by atoms with Crippen LogP contribution in [0.15, 0.2) is 54.6 Å². The van der Waals surface area contributed by atoms with Gasteiger partial charge in [-0.15, -0.1) is 13.2 Å². The van der Waals surface area contributed by atoms with Gasteiger partial charge < -0.3 is 20.7 Å². The maximum atomic E-state index is 12.9. The number of carbonyl (C=O) groups is 1. The van der Waals surface area contributed by atoms with E-state index in [1.54, 1.807) is 13.1 Å². The van der Waals surface area contributed by atoms with Crippen LogP contribution in [0.1, 0.15) is 31.2 Å². The average Bonchev–Trinajstić information content (AvgIpc) is 2.87. The van der Waals surface area contributed by atoms with Gasteiger partial charge in [0.25, 0.3) is 0 Å². The summed E-state index contributed by atoms with van der Waals surface area (Å²) in [6.07, 6.45) is -1.90. The van der Waals surface area contributed by atoms with E-state index < -0.39 is 6.36 Å². The van der Waals surface area contributed by atoms with Crippen LogP contribution in [0.5, 0.6) is 5.75 Å². The molecule has 1 aliphatic carbocycles. The van der Waals surface area contributed by atoms with Gasteiger partial charge in [-0.05, 0) is 25.3 Å². The fraction of sp³-hybridized carbons (Fsp3) is 0.360. The molecular formula is C25H27F3N6O2. The molecule has 1 saturated carbocycles. The molecule has 36 heavy (non-hydrogen) atoms. The zero-order chi connectivity index (χ0) is 25.5. The Labute approximate surface area is 206 Å². The van der Waals surface area contributed by atoms with Gasteiger partial charge in [-0.25, -0.2) is 0 Å². The van der Waals surface area contributed by atoms with Crippen LogP contribution in [-0.2, 0) is 11.3 Å². The number of amides is 1. The summed E-state index contributed by atoms with van der Waals surface area (Å²) in [5.41, 5.74) is 1.11. The quantitative estimate of drug-likeness (QED) is 0.410. The highest BCUT2D eigenvalue weighted by Crippen LogP contribution is 2.29. The number of halogens is 3. The summed E-state index contributed by atoms with van der Waals surface area (Å²) in [4.78, 5) is 26.2. The van der Waals surface area contributed by atoms with Crippen molar-refractivity contribution in [3.63, 3.8) is 0 Å². The van der Waals surface area contributed by atoms with Gasteiger partial charge in [0.2, 0.25) is 17.8 Å². The molecule has 3 N–H and O–H groups in total. The number of carbonyl (C=O) groups excluding carboxylic acids is 1. The molecule has 1 fully saturated rings. The Balaban J connectivity index is 1.39. The Morgan fingerprint density at radius 2 is 1.72 bits per heavy atom. The minimum Gasteiger partial charge on any atom is -0.405 e. The summed E-state index contributed by atoms with van der Waals surface area (Å²) in [6, 6.07) is 15.3. The van der Waals surface area contributed by atoms with E-state index in [4.69, 9.17) is 0 Å². The van der Waals surface area contributed by atoms with Crippen LogP contribution in [0.2, 0.25) is 0 Å². The molecule has 2 atom stereocenters. The summed E-state index contributed by atoms with van der Waals surface area (Å²) in [7, 11) is 1.73. The number of benzene rings is 2. The monoisotopic (exact) mass is 500 g/mol. The molecule has 1 amide bonds. The first-order valence-electron chi connectivity index (χ1n) is 11.7. The molecule has 1 aromatic heterocycles. The SMILES string of the molecule is CNc1nc(NC2CCCC(C(=O)NCc3ccccc3OC(F)(F)F)C2)nc(-c2ccccc2)n1. The first-order valence-corrected chi connectivity index (χ1v) is 11.7. The number of alkyl halides is 3. The molecule has 0 spiro atoms. The molecule has 190 valence electrons. The van der Waals surface area contributed by atoms with Gasteiger partial charge in [0.05, 0.1) is 0 Å². The summed E-state index contributed by atoms with van der Waals surface area (Å²) in [5, 5.41) is 9.04. The molecule has 1 aliphatic rings. The average molecular weight is 501 g/mol. The molecule has 0 radical (unpaired) electrons. The van der Waals surface area contributed by atoms with E-state index in [1.807, 2.05) is 30.3 Å². The van der Waals surface area contributed by atoms with Crippen molar-refractivity contribution in [1.82, 2.24) is 20.3 Å². The molecule has 2 unspecified atom stereocenters. The zero-order valence-corrected chi connectivity index (χ0v) is 19.7. The number of hydrogen-bond acceptors (Lipinski definition) is 7. The van der Waals surface area contributed by atoms with Gasteiger partial charge in [-0.3, -0.25) is 4.79 Å². The molecule has 0 bridgehead atoms. The van der Waals surface area contributed by atoms with Crippen molar-refractivity contribution in [1.29, 1.82) is 0 Å². The maximum absolute atomic E-state index is 12.9. The summed E-state index contributed by atoms with van der Waals surface area (Å²) in [6.45, 7) is -0.0564. The molecule has 11 heteroatoms. The Kier molecular flexibility index (Phi) is 7.87. The lowest BCUT2D eigenvalue weighted by Crippen LogP contribution is -2.37. The van der Waals surface area contributed by atoms with Crippen molar-refractivity contribution in [2.45, 2.75) is 44.6 Å². The minimum atomic E-state index is -4.80. The summed E-state index contributed by atoms with van der Waals surface area (Å²) < 4.78 is 42.1. The molecule has 4 rings (SSSR count). The smallest absolute Gasteiger partial charge is 0.405 e. The number of hydrogen-bond donors (Lipinski definition) is 3. The molecule has 0 saturated heterocycles. The number of rotatable bonds is 8. The third kappa shape index (κ3) is 6.83. The van der Waals surface area contributed by atoms with E-state index >= 15 is 0 Å². The molecular weight excluding hydrogens is 473 g/mol. The third-order valence-corrected chi connectivity index (χ3v) is 5.92. The van der Waals surface area contributed by atoms with Gasteiger partial charge in [0, 0.05) is 36.7 Å². The van der Waals surface area contributed by atoms with E-state index in [0.717, 1.165) is 18.4 Å². The van der Waals surface area contributed by atoms with E-state index in [0.29, 0.717) is 30.6 Å². The molecule has 2 aromatic carbocycles. The second kappa shape index (κ2) is 11.2. The second-order valence-electron chi connectivity index (χ2n) is 8.50. The zero-order valence-electron chi connectivity index (χ0n) is 19.7. The van der Waals surface area contributed by atoms with Gasteiger partial charge in [0.1, 0.15) is 5.75 Å². The van der Waals surface area contributed by atoms with Crippen LogP contribution < -0.4 is 20.7 Å². The topological polar surface area (TPSA) is 101 Å². The van der Waals surface area contributed by atoms with Crippen LogP contribution in [0.4, 0.5) is 25.1 Å². The van der Waals surface area contributed by atoms with Gasteiger partial charge in [0.15, 0.2) is 5.82 Å². The van der Waals surface area contributed by atoms with Crippen LogP contribution in [-0.4, -0.2) is 40.3 Å². The lowest BCUT2D eigenvalue weighted by molar-refractivity contribution is -0.274. The predicted molar refractivity (Wildman–Crippen MR) is 129 cm³/mol. The number of nitrogens with zero attached hydrogens (tertiary/aromatic N) is 3. The largest absolute Gasteiger partial charge is 0.573 e. The van der Waals surface area contributed by atoms with Crippen molar-refractivity contribution < 1.29 is 22.7 Å². The predicted octanol–water partition coefficient (Wildman–Crippen LogP) is 4.77. The molecule has 8 nitrogen and oxygen atoms in total. The first kappa shape index (κ1) is 25.2. The van der Waals surface area contributed by atoms with Gasteiger partial charge in [-0.1, -0.05) is 55.0 Å². The Morgan fingerprint density at radius 1 is 1.00 bits per heavy atom. The van der Waals surface area contributed by atoms with Crippen molar-refractivity contribution in [3.8, 4) is 17.1 Å². The highest BCUT2D eigenvalue weighted by atomic mass is 19.4. The van der Waals surface area contributed by atoms with Gasteiger partial charge >= 0.3 is 6.36 Å². The standard InChI is InChI=1S/C25H27F3N6O2/c1-29-23-32-21(16-8-3-2-4-9-16)33-24(34-23)31-19-12-7-11-17(14-19)22(35)30-15-18-10-5-6-13-20(18)36-25(26,27)28/h2-6,8-10,13,17,19H,7,11-12,14-15H2,1H3,(H,30,35)(H2,29,31,32,33,34). The van der Waals surface area contributed by atoms with Crippen molar-refractivity contribution in [3.05, 3.63) is 60.2 Å². The number of aromatic nitrogens is 3. The van der Waals surface area contributed by atoms with Gasteiger partial charge in [-0.2, -0.15) is 15.0 Å². The lowest BCUT2D eigenvalue weighted by atomic mass is 9.85. The van der Waals surface area contributed by atoms with E-state index in [2.05, 4.69) is 35.6 Å². The fourth-order valence-electron chi connectivity index (χ4n) is 4.21. The van der Waals surface area contributed by atoms with Crippen LogP contribution >= 0.6 is 0 Å². The third-order valence-electron chi connectivity index (χ3n) is 5.92. The van der Waals surface area contributed by atoms with Crippen molar-refractivity contribution in [2.24, 2.45) is 5.92 Å². The highest BCUT2D eigenvalue weighted by Gasteiger charge is 2.32. The molecule has 0 aliphatic heterocycles. The minimum absolute atomic E-state index is 0.0360. The Morgan fingerprint density at radius 3 is 2.47 bits per heavy atom. The number of nitrogens with one attached hydrogen (secondary N) is 3. The van der Waals surface area contributed by atoms with E-state index in [-0.39, 0.29) is 35.7 Å². The van der Waals surface area contributed by atoms with Crippen molar-refractivity contribution >= 4 is 17.8 Å². The second-order valence-corrected chi connectivity index (χ2v) is 8.50. The summed E-state index contributed by atoms with van der Waals surface area (Å²) in [5.74, 6) is 0.555. The van der Waals surface area contributed by atoms with Crippen molar-refractivity contribution in [2.75, 3.05) is 17.7 Å². The van der Waals surface area contributed by atoms with Crippen LogP contribution in [0.3, 0.4) is 0 Å². The first-order chi connectivity index (χ1) is 17.3. The number of ether oxygens (including phenoxy) is 1.